The van der Waals surface area contributed by atoms with Crippen molar-refractivity contribution < 1.29 is 19.2 Å². The summed E-state index contributed by atoms with van der Waals surface area (Å²) in [6.07, 6.45) is 0.00310. The number of nitrogens with one attached hydrogen (secondary N) is 2. The van der Waals surface area contributed by atoms with Crippen molar-refractivity contribution in [2.45, 2.75) is 6.04 Å². The summed E-state index contributed by atoms with van der Waals surface area (Å²) in [6, 6.07) is 5.18. The molecule has 0 spiro atoms. The van der Waals surface area contributed by atoms with Crippen LogP contribution in [0.2, 0.25) is 0 Å². The third kappa shape index (κ3) is 3.71. The van der Waals surface area contributed by atoms with Gasteiger partial charge in [-0.1, -0.05) is 0 Å². The first-order chi connectivity index (χ1) is 11.9. The van der Waals surface area contributed by atoms with Gasteiger partial charge in [0.25, 0.3) is 0 Å². The Kier molecular flexibility index (Phi) is 4.29. The number of rotatable bonds is 5. The number of amides is 1. The summed E-state index contributed by atoms with van der Waals surface area (Å²) < 4.78 is 12.9. The minimum absolute atomic E-state index is 0.0142. The number of nitrogens with zero attached hydrogens (tertiary/aromatic N) is 4. The Bertz CT molecular complexity index is 809. The van der Waals surface area contributed by atoms with Crippen molar-refractivity contribution >= 4 is 29.2 Å². The third-order valence-electron chi connectivity index (χ3n) is 3.56. The Hall–Kier alpha value is -3.50. The minimum atomic E-state index is -1.05. The summed E-state index contributed by atoms with van der Waals surface area (Å²) >= 11 is 0. The molecule has 25 heavy (non-hydrogen) atoms. The fourth-order valence-electron chi connectivity index (χ4n) is 2.26. The first kappa shape index (κ1) is 16.4. The maximum absolute atomic E-state index is 12.9. The zero-order valence-corrected chi connectivity index (χ0v) is 12.7. The molecule has 1 amide bonds. The molecule has 1 aliphatic heterocycles. The lowest BCUT2D eigenvalue weighted by Gasteiger charge is -2.37. The zero-order valence-electron chi connectivity index (χ0n) is 12.7. The number of carbonyl (C=O) groups is 1. The first-order valence-electron chi connectivity index (χ1n) is 7.21. The number of benzene rings is 1. The van der Waals surface area contributed by atoms with E-state index in [4.69, 9.17) is 5.11 Å². The molecule has 0 bridgehead atoms. The van der Waals surface area contributed by atoms with Crippen molar-refractivity contribution in [3.05, 3.63) is 46.4 Å². The molecule has 1 aliphatic rings. The maximum atomic E-state index is 12.9. The lowest BCUT2D eigenvalue weighted by Crippen LogP contribution is -2.56. The van der Waals surface area contributed by atoms with Crippen LogP contribution in [0.1, 0.15) is 0 Å². The normalized spacial score (nSPS) is 13.9. The molecule has 1 fully saturated rings. The fourth-order valence-corrected chi connectivity index (χ4v) is 2.26. The monoisotopic (exact) mass is 348 g/mol. The molecule has 2 aromatic rings. The van der Waals surface area contributed by atoms with Crippen molar-refractivity contribution in [3.8, 4) is 0 Å². The number of hydrogen-bond donors (Lipinski definition) is 3. The van der Waals surface area contributed by atoms with E-state index in [1.807, 2.05) is 0 Å². The molecule has 1 saturated heterocycles. The average Bonchev–Trinajstić information content (AvgIpc) is 2.52. The lowest BCUT2D eigenvalue weighted by molar-refractivity contribution is -0.384. The highest BCUT2D eigenvalue weighted by Crippen LogP contribution is 2.25. The molecule has 0 radical (unpaired) electrons. The average molecular weight is 348 g/mol. The smallest absolute Gasteiger partial charge is 0.407 e. The van der Waals surface area contributed by atoms with E-state index in [2.05, 4.69) is 20.6 Å². The number of carboxylic acid groups (broad SMARTS) is 1. The van der Waals surface area contributed by atoms with Crippen molar-refractivity contribution in [1.29, 1.82) is 0 Å². The number of hydrogen-bond acceptors (Lipinski definition) is 7. The van der Waals surface area contributed by atoms with E-state index in [0.29, 0.717) is 5.69 Å². The molecule has 3 rings (SSSR count). The topological polar surface area (TPSA) is 134 Å². The number of anilines is 3. The summed E-state index contributed by atoms with van der Waals surface area (Å²) in [5.74, 6) is -0.320. The fraction of sp³-hybridized carbons (Fsp3) is 0.214. The van der Waals surface area contributed by atoms with E-state index in [1.165, 1.54) is 29.2 Å². The van der Waals surface area contributed by atoms with Crippen LogP contribution in [0.15, 0.2) is 30.5 Å². The zero-order chi connectivity index (χ0) is 18.0. The Morgan fingerprint density at radius 1 is 1.36 bits per heavy atom. The second-order valence-electron chi connectivity index (χ2n) is 5.35. The number of aromatic nitrogens is 2. The van der Waals surface area contributed by atoms with Crippen LogP contribution in [-0.2, 0) is 0 Å². The molecule has 2 heterocycles. The predicted octanol–water partition coefficient (Wildman–Crippen LogP) is 2.04. The molecule has 0 unspecified atom stereocenters. The van der Waals surface area contributed by atoms with Crippen LogP contribution in [0.3, 0.4) is 0 Å². The Morgan fingerprint density at radius 3 is 2.64 bits per heavy atom. The van der Waals surface area contributed by atoms with E-state index in [9.17, 15) is 19.3 Å². The van der Waals surface area contributed by atoms with E-state index < -0.39 is 16.8 Å². The van der Waals surface area contributed by atoms with Gasteiger partial charge in [-0.15, -0.1) is 0 Å². The number of halogens is 1. The van der Waals surface area contributed by atoms with Gasteiger partial charge in [0.2, 0.25) is 11.8 Å². The minimum Gasteiger partial charge on any atom is -0.465 e. The Labute approximate surface area is 140 Å². The van der Waals surface area contributed by atoms with E-state index in [0.717, 1.165) is 6.20 Å². The molecule has 130 valence electrons. The Morgan fingerprint density at radius 2 is 2.04 bits per heavy atom. The molecule has 0 aliphatic carbocycles. The van der Waals surface area contributed by atoms with Crippen molar-refractivity contribution in [1.82, 2.24) is 14.9 Å². The van der Waals surface area contributed by atoms with Crippen LogP contribution in [-0.4, -0.2) is 50.1 Å². The molecule has 1 aromatic carbocycles. The molecular weight excluding hydrogens is 335 g/mol. The highest BCUT2D eigenvalue weighted by Gasteiger charge is 2.32. The molecular formula is C14H13FN6O4. The van der Waals surface area contributed by atoms with Gasteiger partial charge in [-0.2, -0.15) is 4.98 Å². The number of likely N-dealkylation sites (tertiary alicyclic amines) is 1. The van der Waals surface area contributed by atoms with Crippen molar-refractivity contribution in [3.63, 3.8) is 0 Å². The van der Waals surface area contributed by atoms with Crippen LogP contribution < -0.4 is 10.6 Å². The third-order valence-corrected chi connectivity index (χ3v) is 3.56. The van der Waals surface area contributed by atoms with Gasteiger partial charge in [0.15, 0.2) is 0 Å². The molecule has 0 saturated carbocycles. The first-order valence-corrected chi connectivity index (χ1v) is 7.21. The van der Waals surface area contributed by atoms with Gasteiger partial charge < -0.3 is 20.6 Å². The van der Waals surface area contributed by atoms with Crippen molar-refractivity contribution in [2.75, 3.05) is 23.7 Å². The summed E-state index contributed by atoms with van der Waals surface area (Å²) in [5.41, 5.74) is 0.195. The number of nitro groups is 1. The van der Waals surface area contributed by atoms with Crippen LogP contribution in [0.5, 0.6) is 0 Å². The highest BCUT2D eigenvalue weighted by molar-refractivity contribution is 5.67. The summed E-state index contributed by atoms with van der Waals surface area (Å²) in [6.45, 7) is 0.411. The second-order valence-corrected chi connectivity index (χ2v) is 5.35. The van der Waals surface area contributed by atoms with Gasteiger partial charge in [-0.3, -0.25) is 10.1 Å². The van der Waals surface area contributed by atoms with Gasteiger partial charge in [0.05, 0.1) is 11.0 Å². The largest absolute Gasteiger partial charge is 0.465 e. The van der Waals surface area contributed by atoms with Gasteiger partial charge >= 0.3 is 11.8 Å². The second kappa shape index (κ2) is 6.55. The standard InChI is InChI=1S/C14H13FN6O4/c15-8-1-3-9(4-2-8)18-13-16-5-11(21(24)25)12(19-13)17-10-6-20(7-10)14(22)23/h1-5,10H,6-7H2,(H,22,23)(H2,16,17,18,19). The molecule has 0 atom stereocenters. The summed E-state index contributed by atoms with van der Waals surface area (Å²) in [5, 5.41) is 25.6. The molecule has 1 aromatic heterocycles. The van der Waals surface area contributed by atoms with Gasteiger partial charge in [0.1, 0.15) is 12.0 Å². The van der Waals surface area contributed by atoms with Gasteiger partial charge in [-0.25, -0.2) is 14.2 Å². The SMILES string of the molecule is O=C(O)N1CC(Nc2nc(Nc3ccc(F)cc3)ncc2[N+](=O)[O-])C1. The summed E-state index contributed by atoms with van der Waals surface area (Å²) in [4.78, 5) is 30.4. The van der Waals surface area contributed by atoms with Gasteiger partial charge in [0, 0.05) is 18.8 Å². The van der Waals surface area contributed by atoms with Crippen LogP contribution >= 0.6 is 0 Å². The van der Waals surface area contributed by atoms with E-state index >= 15 is 0 Å². The Balaban J connectivity index is 1.76. The predicted molar refractivity (Wildman–Crippen MR) is 85.4 cm³/mol. The lowest BCUT2D eigenvalue weighted by atomic mass is 10.1. The van der Waals surface area contributed by atoms with Crippen LogP contribution in [0, 0.1) is 15.9 Å². The van der Waals surface area contributed by atoms with Crippen LogP contribution in [0.4, 0.5) is 32.3 Å². The maximum Gasteiger partial charge on any atom is 0.407 e. The molecule has 3 N–H and O–H groups in total. The van der Waals surface area contributed by atoms with Gasteiger partial charge in [-0.05, 0) is 24.3 Å². The van der Waals surface area contributed by atoms with Crippen LogP contribution in [0.25, 0.3) is 0 Å². The summed E-state index contributed by atoms with van der Waals surface area (Å²) in [7, 11) is 0. The quantitative estimate of drug-likeness (QED) is 0.552. The van der Waals surface area contributed by atoms with E-state index in [-0.39, 0.29) is 36.6 Å². The molecule has 11 heteroatoms. The highest BCUT2D eigenvalue weighted by atomic mass is 19.1. The van der Waals surface area contributed by atoms with E-state index in [1.54, 1.807) is 0 Å². The van der Waals surface area contributed by atoms with Crippen molar-refractivity contribution in [2.24, 2.45) is 0 Å². The molecule has 10 nitrogen and oxygen atoms in total.